The van der Waals surface area contributed by atoms with Crippen molar-refractivity contribution in [1.29, 1.82) is 0 Å². The fraction of sp³-hybridized carbons (Fsp3) is 0.818. The van der Waals surface area contributed by atoms with Crippen LogP contribution in [0.4, 0.5) is 4.79 Å². The van der Waals surface area contributed by atoms with Gasteiger partial charge in [-0.15, -0.1) is 0 Å². The summed E-state index contributed by atoms with van der Waals surface area (Å²) >= 11 is 0. The normalized spacial score (nSPS) is 9.88. The zero-order valence-electron chi connectivity index (χ0n) is 10.2. The number of amides is 2. The van der Waals surface area contributed by atoms with Crippen LogP contribution >= 0.6 is 0 Å². The maximum atomic E-state index is 11.4. The average Bonchev–Trinajstić information content (AvgIpc) is 2.23. The number of nitrogens with zero attached hydrogens (tertiary/aromatic N) is 1. The third kappa shape index (κ3) is 8.08. The van der Waals surface area contributed by atoms with Gasteiger partial charge in [0, 0.05) is 26.6 Å². The number of rotatable bonds is 8. The van der Waals surface area contributed by atoms with E-state index in [2.05, 4.69) is 12.2 Å². The number of urea groups is 1. The minimum Gasteiger partial charge on any atom is -0.481 e. The number of carboxylic acids is 1. The highest BCUT2D eigenvalue weighted by Gasteiger charge is 2.07. The Balaban J connectivity index is 3.53. The van der Waals surface area contributed by atoms with Gasteiger partial charge in [-0.25, -0.2) is 4.79 Å². The van der Waals surface area contributed by atoms with E-state index in [0.29, 0.717) is 19.5 Å². The summed E-state index contributed by atoms with van der Waals surface area (Å²) in [5, 5.41) is 11.2. The monoisotopic (exact) mass is 230 g/mol. The Labute approximate surface area is 96.8 Å². The summed E-state index contributed by atoms with van der Waals surface area (Å²) in [6.07, 6.45) is 3.83. The predicted molar refractivity (Wildman–Crippen MR) is 62.4 cm³/mol. The average molecular weight is 230 g/mol. The molecule has 0 aromatic carbocycles. The van der Waals surface area contributed by atoms with E-state index in [1.807, 2.05) is 0 Å². The number of carbonyl (C=O) groups is 2. The fourth-order valence-corrected chi connectivity index (χ4v) is 1.27. The van der Waals surface area contributed by atoms with Crippen molar-refractivity contribution in [2.24, 2.45) is 0 Å². The molecule has 0 aromatic rings. The number of unbranched alkanes of at least 4 members (excludes halogenated alkanes) is 2. The van der Waals surface area contributed by atoms with Gasteiger partial charge < -0.3 is 15.3 Å². The van der Waals surface area contributed by atoms with Gasteiger partial charge in [0.05, 0.1) is 0 Å². The Bertz CT molecular complexity index is 219. The van der Waals surface area contributed by atoms with Crippen molar-refractivity contribution in [2.75, 3.05) is 20.1 Å². The van der Waals surface area contributed by atoms with E-state index in [1.165, 1.54) is 4.90 Å². The highest BCUT2D eigenvalue weighted by molar-refractivity contribution is 5.73. The van der Waals surface area contributed by atoms with Crippen LogP contribution in [0, 0.1) is 0 Å². The second-order valence-electron chi connectivity index (χ2n) is 3.86. The molecule has 0 heterocycles. The fourth-order valence-electron chi connectivity index (χ4n) is 1.27. The van der Waals surface area contributed by atoms with E-state index in [-0.39, 0.29) is 12.5 Å². The molecule has 5 heteroatoms. The molecule has 0 radical (unpaired) electrons. The SMILES string of the molecule is CCCCCNC(=O)N(C)CCCC(=O)O. The molecule has 0 spiro atoms. The predicted octanol–water partition coefficient (Wildman–Crippen LogP) is 1.68. The lowest BCUT2D eigenvalue weighted by atomic mass is 10.2. The molecule has 0 atom stereocenters. The number of carbonyl (C=O) groups excluding carboxylic acids is 1. The molecule has 2 amide bonds. The van der Waals surface area contributed by atoms with Crippen molar-refractivity contribution in [2.45, 2.75) is 39.0 Å². The number of nitrogens with one attached hydrogen (secondary N) is 1. The molecule has 0 fully saturated rings. The maximum Gasteiger partial charge on any atom is 0.317 e. The number of aliphatic carboxylic acids is 1. The standard InChI is InChI=1S/C11H22N2O3/c1-3-4-5-8-12-11(16)13(2)9-6-7-10(14)15/h3-9H2,1-2H3,(H,12,16)(H,14,15). The van der Waals surface area contributed by atoms with Gasteiger partial charge in [0.25, 0.3) is 0 Å². The van der Waals surface area contributed by atoms with Crippen LogP contribution in [0.1, 0.15) is 39.0 Å². The molecule has 0 aliphatic carbocycles. The van der Waals surface area contributed by atoms with Gasteiger partial charge in [-0.05, 0) is 12.8 Å². The van der Waals surface area contributed by atoms with Gasteiger partial charge in [0.15, 0.2) is 0 Å². The van der Waals surface area contributed by atoms with Crippen LogP contribution in [0.3, 0.4) is 0 Å². The quantitative estimate of drug-likeness (QED) is 0.623. The lowest BCUT2D eigenvalue weighted by Gasteiger charge is -2.17. The molecule has 94 valence electrons. The first-order chi connectivity index (χ1) is 7.57. The third-order valence-corrected chi connectivity index (χ3v) is 2.29. The van der Waals surface area contributed by atoms with E-state index in [1.54, 1.807) is 7.05 Å². The summed E-state index contributed by atoms with van der Waals surface area (Å²) in [5.41, 5.74) is 0. The first-order valence-corrected chi connectivity index (χ1v) is 5.78. The van der Waals surface area contributed by atoms with Crippen LogP contribution in [-0.2, 0) is 4.79 Å². The van der Waals surface area contributed by atoms with Crippen molar-refractivity contribution in [1.82, 2.24) is 10.2 Å². The van der Waals surface area contributed by atoms with Crippen LogP contribution in [0.25, 0.3) is 0 Å². The van der Waals surface area contributed by atoms with Crippen LogP contribution in [0.15, 0.2) is 0 Å². The van der Waals surface area contributed by atoms with E-state index in [9.17, 15) is 9.59 Å². The van der Waals surface area contributed by atoms with Crippen molar-refractivity contribution < 1.29 is 14.7 Å². The molecule has 0 bridgehead atoms. The van der Waals surface area contributed by atoms with Gasteiger partial charge in [-0.1, -0.05) is 19.8 Å². The maximum absolute atomic E-state index is 11.4. The van der Waals surface area contributed by atoms with Crippen molar-refractivity contribution in [3.05, 3.63) is 0 Å². The van der Waals surface area contributed by atoms with E-state index in [4.69, 9.17) is 5.11 Å². The molecule has 0 unspecified atom stereocenters. The van der Waals surface area contributed by atoms with Crippen molar-refractivity contribution in [3.63, 3.8) is 0 Å². The largest absolute Gasteiger partial charge is 0.481 e. The van der Waals surface area contributed by atoms with Gasteiger partial charge in [-0.3, -0.25) is 4.79 Å². The molecule has 0 rings (SSSR count). The molecular formula is C11H22N2O3. The second kappa shape index (κ2) is 9.00. The zero-order valence-corrected chi connectivity index (χ0v) is 10.2. The topological polar surface area (TPSA) is 69.6 Å². The molecule has 0 saturated carbocycles. The Hall–Kier alpha value is -1.26. The van der Waals surface area contributed by atoms with Gasteiger partial charge >= 0.3 is 12.0 Å². The van der Waals surface area contributed by atoms with Gasteiger partial charge in [0.1, 0.15) is 0 Å². The first kappa shape index (κ1) is 14.7. The summed E-state index contributed by atoms with van der Waals surface area (Å²) in [5.74, 6) is -0.822. The Morgan fingerprint density at radius 2 is 1.94 bits per heavy atom. The lowest BCUT2D eigenvalue weighted by Crippen LogP contribution is -2.38. The molecular weight excluding hydrogens is 208 g/mol. The number of hydrogen-bond acceptors (Lipinski definition) is 2. The van der Waals surface area contributed by atoms with Crippen LogP contribution in [0.5, 0.6) is 0 Å². The summed E-state index contributed by atoms with van der Waals surface area (Å²) < 4.78 is 0. The summed E-state index contributed by atoms with van der Waals surface area (Å²) in [6, 6.07) is -0.124. The Kier molecular flexibility index (Phi) is 8.29. The van der Waals surface area contributed by atoms with Crippen LogP contribution in [0.2, 0.25) is 0 Å². The van der Waals surface area contributed by atoms with E-state index >= 15 is 0 Å². The minimum absolute atomic E-state index is 0.105. The molecule has 0 saturated heterocycles. The van der Waals surface area contributed by atoms with Gasteiger partial charge in [0.2, 0.25) is 0 Å². The molecule has 16 heavy (non-hydrogen) atoms. The number of carboxylic acid groups (broad SMARTS) is 1. The molecule has 2 N–H and O–H groups in total. The highest BCUT2D eigenvalue weighted by Crippen LogP contribution is 1.95. The van der Waals surface area contributed by atoms with E-state index < -0.39 is 5.97 Å². The first-order valence-electron chi connectivity index (χ1n) is 5.78. The Morgan fingerprint density at radius 3 is 2.50 bits per heavy atom. The summed E-state index contributed by atoms with van der Waals surface area (Å²) in [6.45, 7) is 3.28. The molecule has 0 aromatic heterocycles. The van der Waals surface area contributed by atoms with Gasteiger partial charge in [-0.2, -0.15) is 0 Å². The number of hydrogen-bond donors (Lipinski definition) is 2. The molecule has 5 nitrogen and oxygen atoms in total. The molecule has 0 aliphatic rings. The highest BCUT2D eigenvalue weighted by atomic mass is 16.4. The van der Waals surface area contributed by atoms with Crippen LogP contribution < -0.4 is 5.32 Å². The van der Waals surface area contributed by atoms with E-state index in [0.717, 1.165) is 19.3 Å². The lowest BCUT2D eigenvalue weighted by molar-refractivity contribution is -0.137. The van der Waals surface area contributed by atoms with Crippen molar-refractivity contribution in [3.8, 4) is 0 Å². The molecule has 0 aliphatic heterocycles. The second-order valence-corrected chi connectivity index (χ2v) is 3.86. The smallest absolute Gasteiger partial charge is 0.317 e. The zero-order chi connectivity index (χ0) is 12.4. The Morgan fingerprint density at radius 1 is 1.25 bits per heavy atom. The summed E-state index contributed by atoms with van der Waals surface area (Å²) in [4.78, 5) is 23.2. The van der Waals surface area contributed by atoms with Crippen molar-refractivity contribution >= 4 is 12.0 Å². The third-order valence-electron chi connectivity index (χ3n) is 2.29. The summed E-state index contributed by atoms with van der Waals surface area (Å²) in [7, 11) is 1.68. The van der Waals surface area contributed by atoms with Crippen LogP contribution in [-0.4, -0.2) is 42.1 Å². The minimum atomic E-state index is -0.822.